The standard InChI is InChI=1S/C16H24N4O2/c1-5-20-16-9-19(8-15-11(2)18-22-12(15)3)7-13(10-21-4)14(16)6-17-20/h6,13H,5,7-10H2,1-4H3/t13-/m0/s1. The predicted octanol–water partition coefficient (Wildman–Crippen LogP) is 2.25. The van der Waals surface area contributed by atoms with Gasteiger partial charge in [-0.25, -0.2) is 0 Å². The summed E-state index contributed by atoms with van der Waals surface area (Å²) in [6.07, 6.45) is 2.01. The minimum atomic E-state index is 0.370. The van der Waals surface area contributed by atoms with Gasteiger partial charge in [-0.05, 0) is 20.8 Å². The molecule has 2 aromatic rings. The third-order valence-corrected chi connectivity index (χ3v) is 4.50. The number of aromatic nitrogens is 3. The van der Waals surface area contributed by atoms with Gasteiger partial charge in [0.25, 0.3) is 0 Å². The topological polar surface area (TPSA) is 56.3 Å². The Balaban J connectivity index is 1.86. The van der Waals surface area contributed by atoms with Gasteiger partial charge in [0.1, 0.15) is 5.76 Å². The van der Waals surface area contributed by atoms with E-state index < -0.39 is 0 Å². The predicted molar refractivity (Wildman–Crippen MR) is 82.6 cm³/mol. The second-order valence-corrected chi connectivity index (χ2v) is 5.99. The van der Waals surface area contributed by atoms with Crippen molar-refractivity contribution in [2.75, 3.05) is 20.3 Å². The largest absolute Gasteiger partial charge is 0.384 e. The molecule has 0 aliphatic carbocycles. The molecule has 0 fully saturated rings. The summed E-state index contributed by atoms with van der Waals surface area (Å²) in [5.74, 6) is 1.28. The van der Waals surface area contributed by atoms with Crippen LogP contribution in [0.25, 0.3) is 0 Å². The molecule has 6 nitrogen and oxygen atoms in total. The molecule has 0 N–H and O–H groups in total. The Labute approximate surface area is 131 Å². The van der Waals surface area contributed by atoms with E-state index in [0.717, 1.165) is 44.2 Å². The van der Waals surface area contributed by atoms with Gasteiger partial charge < -0.3 is 9.26 Å². The highest BCUT2D eigenvalue weighted by Gasteiger charge is 2.29. The lowest BCUT2D eigenvalue weighted by molar-refractivity contribution is 0.133. The van der Waals surface area contributed by atoms with Crippen LogP contribution >= 0.6 is 0 Å². The normalized spacial score (nSPS) is 18.6. The molecule has 3 heterocycles. The van der Waals surface area contributed by atoms with Crippen LogP contribution in [0.1, 0.15) is 41.1 Å². The minimum absolute atomic E-state index is 0.370. The van der Waals surface area contributed by atoms with Crippen molar-refractivity contribution in [3.8, 4) is 0 Å². The number of ether oxygens (including phenoxy) is 1. The van der Waals surface area contributed by atoms with Crippen LogP contribution in [-0.2, 0) is 24.4 Å². The van der Waals surface area contributed by atoms with Gasteiger partial charge in [0, 0.05) is 50.3 Å². The summed E-state index contributed by atoms with van der Waals surface area (Å²) in [5, 5.41) is 8.58. The number of rotatable bonds is 5. The first-order valence-electron chi connectivity index (χ1n) is 7.81. The van der Waals surface area contributed by atoms with E-state index in [2.05, 4.69) is 26.8 Å². The lowest BCUT2D eigenvalue weighted by Crippen LogP contribution is -2.35. The minimum Gasteiger partial charge on any atom is -0.384 e. The molecule has 6 heteroatoms. The van der Waals surface area contributed by atoms with Gasteiger partial charge in [-0.3, -0.25) is 9.58 Å². The van der Waals surface area contributed by atoms with Crippen LogP contribution < -0.4 is 0 Å². The van der Waals surface area contributed by atoms with Crippen LogP contribution in [0.4, 0.5) is 0 Å². The Kier molecular flexibility index (Phi) is 4.31. The fourth-order valence-corrected chi connectivity index (χ4v) is 3.31. The summed E-state index contributed by atoms with van der Waals surface area (Å²) < 4.78 is 12.8. The van der Waals surface area contributed by atoms with E-state index in [1.165, 1.54) is 16.8 Å². The van der Waals surface area contributed by atoms with E-state index in [9.17, 15) is 0 Å². The van der Waals surface area contributed by atoms with Gasteiger partial charge in [-0.1, -0.05) is 5.16 Å². The molecule has 0 aromatic carbocycles. The lowest BCUT2D eigenvalue weighted by Gasteiger charge is -2.32. The zero-order chi connectivity index (χ0) is 15.7. The van der Waals surface area contributed by atoms with Crippen molar-refractivity contribution in [1.29, 1.82) is 0 Å². The van der Waals surface area contributed by atoms with Crippen LogP contribution in [0.3, 0.4) is 0 Å². The maximum absolute atomic E-state index is 5.42. The SMILES string of the molecule is CCn1ncc2c1CN(Cc1c(C)noc1C)C[C@H]2COC. The molecule has 0 bridgehead atoms. The third-order valence-electron chi connectivity index (χ3n) is 4.50. The summed E-state index contributed by atoms with van der Waals surface area (Å²) >= 11 is 0. The molecule has 0 saturated carbocycles. The van der Waals surface area contributed by atoms with Crippen molar-refractivity contribution in [1.82, 2.24) is 19.8 Å². The van der Waals surface area contributed by atoms with Crippen molar-refractivity contribution >= 4 is 0 Å². The number of fused-ring (bicyclic) bond motifs is 1. The number of hydrogen-bond donors (Lipinski definition) is 0. The van der Waals surface area contributed by atoms with Crippen LogP contribution in [-0.4, -0.2) is 40.1 Å². The highest BCUT2D eigenvalue weighted by molar-refractivity contribution is 5.27. The molecule has 0 spiro atoms. The Hall–Kier alpha value is -1.66. The number of methoxy groups -OCH3 is 1. The van der Waals surface area contributed by atoms with Crippen LogP contribution in [0.2, 0.25) is 0 Å². The van der Waals surface area contributed by atoms with Crippen molar-refractivity contribution in [3.05, 3.63) is 34.5 Å². The first-order chi connectivity index (χ1) is 10.6. The van der Waals surface area contributed by atoms with Gasteiger partial charge >= 0.3 is 0 Å². The molecule has 0 radical (unpaired) electrons. The van der Waals surface area contributed by atoms with Gasteiger partial charge in [-0.15, -0.1) is 0 Å². The van der Waals surface area contributed by atoms with Crippen molar-refractivity contribution in [2.45, 2.75) is 46.3 Å². The van der Waals surface area contributed by atoms with E-state index in [1.54, 1.807) is 7.11 Å². The van der Waals surface area contributed by atoms with Gasteiger partial charge in [0.05, 0.1) is 24.2 Å². The zero-order valence-corrected chi connectivity index (χ0v) is 13.8. The molecule has 3 rings (SSSR count). The fourth-order valence-electron chi connectivity index (χ4n) is 3.31. The molecule has 0 unspecified atom stereocenters. The quantitative estimate of drug-likeness (QED) is 0.848. The molecule has 1 aliphatic heterocycles. The van der Waals surface area contributed by atoms with Gasteiger partial charge in [0.15, 0.2) is 0 Å². The van der Waals surface area contributed by atoms with Crippen LogP contribution in [0.5, 0.6) is 0 Å². The Morgan fingerprint density at radius 2 is 2.23 bits per heavy atom. The summed E-state index contributed by atoms with van der Waals surface area (Å²) in [4.78, 5) is 2.44. The molecule has 120 valence electrons. The first-order valence-corrected chi connectivity index (χ1v) is 7.81. The molecule has 2 aromatic heterocycles. The highest BCUT2D eigenvalue weighted by Crippen LogP contribution is 2.30. The first kappa shape index (κ1) is 15.2. The molecule has 0 saturated heterocycles. The lowest BCUT2D eigenvalue weighted by atomic mass is 9.95. The van der Waals surface area contributed by atoms with Crippen molar-refractivity contribution < 1.29 is 9.26 Å². The number of hydrogen-bond acceptors (Lipinski definition) is 5. The highest BCUT2D eigenvalue weighted by atomic mass is 16.5. The van der Waals surface area contributed by atoms with Crippen LogP contribution in [0.15, 0.2) is 10.7 Å². The summed E-state index contributed by atoms with van der Waals surface area (Å²) in [6, 6.07) is 0. The van der Waals surface area contributed by atoms with Crippen LogP contribution in [0, 0.1) is 13.8 Å². The van der Waals surface area contributed by atoms with E-state index in [1.807, 2.05) is 20.0 Å². The summed E-state index contributed by atoms with van der Waals surface area (Å²) in [5.41, 5.74) is 4.82. The average molecular weight is 304 g/mol. The van der Waals surface area contributed by atoms with Gasteiger partial charge in [0.2, 0.25) is 0 Å². The van der Waals surface area contributed by atoms with Crippen molar-refractivity contribution in [2.24, 2.45) is 0 Å². The smallest absolute Gasteiger partial charge is 0.138 e. The zero-order valence-electron chi connectivity index (χ0n) is 13.8. The van der Waals surface area contributed by atoms with E-state index in [0.29, 0.717) is 5.92 Å². The van der Waals surface area contributed by atoms with Crippen molar-refractivity contribution in [3.63, 3.8) is 0 Å². The van der Waals surface area contributed by atoms with E-state index >= 15 is 0 Å². The monoisotopic (exact) mass is 304 g/mol. The fraction of sp³-hybridized carbons (Fsp3) is 0.625. The Morgan fingerprint density at radius 1 is 1.41 bits per heavy atom. The molecule has 0 amide bonds. The molecular weight excluding hydrogens is 280 g/mol. The maximum Gasteiger partial charge on any atom is 0.138 e. The van der Waals surface area contributed by atoms with E-state index in [4.69, 9.17) is 9.26 Å². The van der Waals surface area contributed by atoms with Gasteiger partial charge in [-0.2, -0.15) is 5.10 Å². The Morgan fingerprint density at radius 3 is 2.86 bits per heavy atom. The molecule has 1 atom stereocenters. The Bertz CT molecular complexity index is 627. The molecular formula is C16H24N4O2. The summed E-state index contributed by atoms with van der Waals surface area (Å²) in [6.45, 7) is 10.5. The molecule has 22 heavy (non-hydrogen) atoms. The number of nitrogens with zero attached hydrogens (tertiary/aromatic N) is 4. The van der Waals surface area contributed by atoms with E-state index in [-0.39, 0.29) is 0 Å². The third kappa shape index (κ3) is 2.68. The molecule has 1 aliphatic rings. The summed E-state index contributed by atoms with van der Waals surface area (Å²) in [7, 11) is 1.76. The second-order valence-electron chi connectivity index (χ2n) is 5.99. The second kappa shape index (κ2) is 6.22. The average Bonchev–Trinajstić information content (AvgIpc) is 3.06. The maximum atomic E-state index is 5.42. The number of aryl methyl sites for hydroxylation is 3.